The molecule has 0 unspecified atom stereocenters. The van der Waals surface area contributed by atoms with Crippen LogP contribution in [0.3, 0.4) is 0 Å². The van der Waals surface area contributed by atoms with Crippen LogP contribution in [0.25, 0.3) is 11.4 Å². The van der Waals surface area contributed by atoms with Gasteiger partial charge in [0.15, 0.2) is 0 Å². The van der Waals surface area contributed by atoms with E-state index in [1.165, 1.54) is 12.1 Å². The highest BCUT2D eigenvalue weighted by atomic mass is 19.4. The highest BCUT2D eigenvalue weighted by molar-refractivity contribution is 5.73. The number of alkyl halides is 3. The Balaban J connectivity index is 1.27. The maximum Gasteiger partial charge on any atom is 0.573 e. The number of ether oxygens (including phenoxy) is 1. The molecule has 0 aliphatic carbocycles. The van der Waals surface area contributed by atoms with Gasteiger partial charge in [-0.3, -0.25) is 9.69 Å². The van der Waals surface area contributed by atoms with Crippen molar-refractivity contribution in [1.29, 1.82) is 0 Å². The number of anilines is 1. The van der Waals surface area contributed by atoms with Crippen molar-refractivity contribution >= 4 is 11.7 Å². The number of amides is 1. The number of carbonyl (C=O) groups is 1. The SMILES string of the molecule is CC(=O)N1CCN(c2cc(-c3noc([C@@H]4CCCN4Cc4cccc(OC(F)(F)F)c4)n3)ccn2)CC1. The lowest BCUT2D eigenvalue weighted by molar-refractivity contribution is -0.274. The molecule has 1 amide bonds. The van der Waals surface area contributed by atoms with Crippen LogP contribution in [0.2, 0.25) is 0 Å². The molecule has 2 aliphatic rings. The van der Waals surface area contributed by atoms with E-state index in [9.17, 15) is 18.0 Å². The second-order valence-electron chi connectivity index (χ2n) is 9.18. The van der Waals surface area contributed by atoms with Gasteiger partial charge in [0, 0.05) is 51.4 Å². The van der Waals surface area contributed by atoms with E-state index in [0.29, 0.717) is 50.0 Å². The average Bonchev–Trinajstić information content (AvgIpc) is 3.53. The van der Waals surface area contributed by atoms with E-state index in [4.69, 9.17) is 4.52 Å². The first-order chi connectivity index (χ1) is 17.7. The average molecular weight is 517 g/mol. The van der Waals surface area contributed by atoms with E-state index < -0.39 is 6.36 Å². The predicted octanol–water partition coefficient (Wildman–Crippen LogP) is 4.04. The smallest absolute Gasteiger partial charge is 0.406 e. The standard InChI is InChI=1S/C25H27F3N6O3/c1-17(35)32-10-12-33(13-11-32)22-15-19(7-8-29-22)23-30-24(37-31-23)21-6-3-9-34(21)16-18-4-2-5-20(14-18)36-25(26,27)28/h2,4-5,7-8,14-15,21H,3,6,9-13,16H2,1H3/t21-/m0/s1. The fourth-order valence-electron chi connectivity index (χ4n) is 4.84. The third-order valence-corrected chi connectivity index (χ3v) is 6.66. The number of pyridine rings is 1. The number of hydrogen-bond donors (Lipinski definition) is 0. The van der Waals surface area contributed by atoms with Gasteiger partial charge in [0.2, 0.25) is 17.6 Å². The quantitative estimate of drug-likeness (QED) is 0.485. The van der Waals surface area contributed by atoms with Gasteiger partial charge < -0.3 is 19.1 Å². The number of nitrogens with zero attached hydrogens (tertiary/aromatic N) is 6. The summed E-state index contributed by atoms with van der Waals surface area (Å²) in [4.78, 5) is 26.8. The van der Waals surface area contributed by atoms with Gasteiger partial charge in [0.25, 0.3) is 0 Å². The predicted molar refractivity (Wildman–Crippen MR) is 128 cm³/mol. The highest BCUT2D eigenvalue weighted by Crippen LogP contribution is 2.34. The topological polar surface area (TPSA) is 87.8 Å². The van der Waals surface area contributed by atoms with Crippen molar-refractivity contribution in [1.82, 2.24) is 24.9 Å². The minimum Gasteiger partial charge on any atom is -0.406 e. The normalized spacial score (nSPS) is 18.9. The molecule has 4 heterocycles. The van der Waals surface area contributed by atoms with Crippen LogP contribution in [0.4, 0.5) is 19.0 Å². The van der Waals surface area contributed by atoms with Crippen LogP contribution in [-0.2, 0) is 11.3 Å². The van der Waals surface area contributed by atoms with E-state index >= 15 is 0 Å². The number of rotatable bonds is 6. The molecular formula is C25H27F3N6O3. The first-order valence-corrected chi connectivity index (χ1v) is 12.1. The maximum absolute atomic E-state index is 12.6. The summed E-state index contributed by atoms with van der Waals surface area (Å²) in [7, 11) is 0. The van der Waals surface area contributed by atoms with Crippen LogP contribution in [0.5, 0.6) is 5.75 Å². The number of benzene rings is 1. The molecule has 37 heavy (non-hydrogen) atoms. The van der Waals surface area contributed by atoms with Crippen LogP contribution in [0.1, 0.15) is 37.3 Å². The summed E-state index contributed by atoms with van der Waals surface area (Å²) in [6.07, 6.45) is -1.31. The molecule has 2 fully saturated rings. The van der Waals surface area contributed by atoms with Gasteiger partial charge in [-0.2, -0.15) is 4.98 Å². The molecule has 0 N–H and O–H groups in total. The Bertz CT molecular complexity index is 1240. The van der Waals surface area contributed by atoms with Crippen molar-refractivity contribution in [2.75, 3.05) is 37.6 Å². The van der Waals surface area contributed by atoms with E-state index in [-0.39, 0.29) is 17.7 Å². The van der Waals surface area contributed by atoms with Crippen LogP contribution in [-0.4, -0.2) is 69.9 Å². The van der Waals surface area contributed by atoms with Crippen LogP contribution >= 0.6 is 0 Å². The van der Waals surface area contributed by atoms with Crippen molar-refractivity contribution in [3.8, 4) is 17.1 Å². The first-order valence-electron chi connectivity index (χ1n) is 12.1. The lowest BCUT2D eigenvalue weighted by Gasteiger charge is -2.34. The Kier molecular flexibility index (Phi) is 7.00. The van der Waals surface area contributed by atoms with Crippen molar-refractivity contribution in [2.24, 2.45) is 0 Å². The zero-order valence-electron chi connectivity index (χ0n) is 20.3. The molecule has 2 aliphatic heterocycles. The van der Waals surface area contributed by atoms with E-state index in [0.717, 1.165) is 30.8 Å². The Morgan fingerprint density at radius 1 is 1.14 bits per heavy atom. The Morgan fingerprint density at radius 2 is 1.95 bits per heavy atom. The fraction of sp³-hybridized carbons (Fsp3) is 0.440. The van der Waals surface area contributed by atoms with Crippen LogP contribution in [0.15, 0.2) is 47.1 Å². The lowest BCUT2D eigenvalue weighted by atomic mass is 10.1. The number of likely N-dealkylation sites (tertiary alicyclic amines) is 1. The summed E-state index contributed by atoms with van der Waals surface area (Å²) < 4.78 is 47.5. The second kappa shape index (κ2) is 10.4. The van der Waals surface area contributed by atoms with E-state index in [1.54, 1.807) is 25.3 Å². The molecule has 1 atom stereocenters. The van der Waals surface area contributed by atoms with Gasteiger partial charge in [-0.05, 0) is 49.2 Å². The van der Waals surface area contributed by atoms with Crippen molar-refractivity contribution in [2.45, 2.75) is 38.7 Å². The summed E-state index contributed by atoms with van der Waals surface area (Å²) in [5, 5.41) is 4.19. The second-order valence-corrected chi connectivity index (χ2v) is 9.18. The molecular weight excluding hydrogens is 489 g/mol. The van der Waals surface area contributed by atoms with Gasteiger partial charge >= 0.3 is 6.36 Å². The minimum atomic E-state index is -4.73. The molecule has 0 spiro atoms. The Morgan fingerprint density at radius 3 is 2.70 bits per heavy atom. The van der Waals surface area contributed by atoms with E-state index in [1.807, 2.05) is 17.0 Å². The van der Waals surface area contributed by atoms with Crippen LogP contribution in [0, 0.1) is 0 Å². The van der Waals surface area contributed by atoms with Gasteiger partial charge in [-0.1, -0.05) is 17.3 Å². The van der Waals surface area contributed by atoms with Gasteiger partial charge in [0.1, 0.15) is 11.6 Å². The van der Waals surface area contributed by atoms with Crippen molar-refractivity contribution in [3.05, 3.63) is 54.0 Å². The Labute approximate surface area is 211 Å². The summed E-state index contributed by atoms with van der Waals surface area (Å²) >= 11 is 0. The molecule has 1 aromatic carbocycles. The molecule has 0 saturated carbocycles. The monoisotopic (exact) mass is 516 g/mol. The third kappa shape index (κ3) is 6.01. The number of aromatic nitrogens is 3. The molecule has 0 radical (unpaired) electrons. The van der Waals surface area contributed by atoms with Crippen LogP contribution < -0.4 is 9.64 Å². The third-order valence-electron chi connectivity index (χ3n) is 6.66. The molecule has 3 aromatic rings. The summed E-state index contributed by atoms with van der Waals surface area (Å²) in [5.41, 5.74) is 1.48. The molecule has 2 aromatic heterocycles. The van der Waals surface area contributed by atoms with Crippen molar-refractivity contribution in [3.63, 3.8) is 0 Å². The molecule has 2 saturated heterocycles. The van der Waals surface area contributed by atoms with Gasteiger partial charge in [-0.25, -0.2) is 4.98 Å². The zero-order valence-corrected chi connectivity index (χ0v) is 20.3. The first kappa shape index (κ1) is 25.0. The lowest BCUT2D eigenvalue weighted by Crippen LogP contribution is -2.48. The van der Waals surface area contributed by atoms with Crippen molar-refractivity contribution < 1.29 is 27.2 Å². The largest absolute Gasteiger partial charge is 0.573 e. The maximum atomic E-state index is 12.6. The van der Waals surface area contributed by atoms with E-state index in [2.05, 4.69) is 29.7 Å². The molecule has 9 nitrogen and oxygen atoms in total. The number of hydrogen-bond acceptors (Lipinski definition) is 8. The number of carbonyl (C=O) groups excluding carboxylic acids is 1. The Hall–Kier alpha value is -3.67. The molecule has 5 rings (SSSR count). The molecule has 12 heteroatoms. The molecule has 196 valence electrons. The summed E-state index contributed by atoms with van der Waals surface area (Å²) in [6.45, 7) is 5.46. The minimum absolute atomic E-state index is 0.0731. The van der Waals surface area contributed by atoms with Gasteiger partial charge in [-0.15, -0.1) is 13.2 Å². The molecule has 0 bridgehead atoms. The summed E-state index contributed by atoms with van der Waals surface area (Å²) in [5.74, 6) is 1.55. The number of piperazine rings is 1. The zero-order chi connectivity index (χ0) is 26.0. The van der Waals surface area contributed by atoms with Gasteiger partial charge in [0.05, 0.1) is 6.04 Å². The number of halogens is 3. The fourth-order valence-corrected chi connectivity index (χ4v) is 4.84. The highest BCUT2D eigenvalue weighted by Gasteiger charge is 2.33. The summed E-state index contributed by atoms with van der Waals surface area (Å²) in [6, 6.07) is 9.61.